The monoisotopic (exact) mass is 652 g/mol. The molecule has 2 heterocycles. The van der Waals surface area contributed by atoms with Crippen molar-refractivity contribution in [3.05, 3.63) is 170 Å². The van der Waals surface area contributed by atoms with Crippen LogP contribution in [-0.4, -0.2) is 4.98 Å². The minimum absolute atomic E-state index is 0.642. The molecule has 4 heteroatoms. The lowest BCUT2D eigenvalue weighted by Crippen LogP contribution is -2.10. The van der Waals surface area contributed by atoms with E-state index in [1.54, 1.807) is 0 Å². The molecule has 4 nitrogen and oxygen atoms in total. The van der Waals surface area contributed by atoms with Crippen molar-refractivity contribution in [2.45, 2.75) is 0 Å². The van der Waals surface area contributed by atoms with Crippen molar-refractivity contribution in [3.63, 3.8) is 0 Å². The van der Waals surface area contributed by atoms with Crippen LogP contribution < -0.4 is 4.90 Å². The normalized spacial score (nSPS) is 11.9. The lowest BCUT2D eigenvalue weighted by Gasteiger charge is -2.28. The Hall–Kier alpha value is -6.91. The molecule has 0 unspecified atom stereocenters. The molecule has 0 saturated heterocycles. The van der Waals surface area contributed by atoms with E-state index < -0.39 is 0 Å². The fraction of sp³-hybridized carbons (Fsp3) is 0. The fourth-order valence-corrected chi connectivity index (χ4v) is 7.92. The molecule has 0 radical (unpaired) electrons. The molecule has 10 aromatic rings. The lowest BCUT2D eigenvalue weighted by atomic mass is 9.99. The standard InChI is InChI=1S/C47H28N2O2/c1-2-11-29(12-3-1)31-15-8-16-32(27-31)49(33-23-26-43-40(28-33)35-18-6-7-22-42(35)50-43)41-25-24-38-44-37(41)20-10-21-39(44)46-45(38)48-47(51-46)36-19-9-14-30-13-4-5-17-34(30)36/h1-28H. The first-order valence-corrected chi connectivity index (χ1v) is 17.2. The van der Waals surface area contributed by atoms with E-state index in [2.05, 4.69) is 163 Å². The van der Waals surface area contributed by atoms with Crippen LogP contribution in [0.1, 0.15) is 0 Å². The Morgan fingerprint density at radius 1 is 0.431 bits per heavy atom. The topological polar surface area (TPSA) is 42.4 Å². The molecule has 2 aromatic heterocycles. The number of hydrogen-bond acceptors (Lipinski definition) is 4. The summed E-state index contributed by atoms with van der Waals surface area (Å²) in [5.74, 6) is 1.46. The van der Waals surface area contributed by atoms with E-state index in [1.807, 2.05) is 12.1 Å². The molecule has 0 bridgehead atoms. The third kappa shape index (κ3) is 4.23. The van der Waals surface area contributed by atoms with Crippen molar-refractivity contribution >= 4 is 60.5 Å². The number of anilines is 3. The fourth-order valence-electron chi connectivity index (χ4n) is 7.92. The zero-order chi connectivity index (χ0) is 33.5. The predicted octanol–water partition coefficient (Wildman–Crippen LogP) is 13.3. The van der Waals surface area contributed by atoms with E-state index in [-0.39, 0.29) is 0 Å². The number of fused-ring (bicyclic) bond motifs is 7. The molecular formula is C47H28N2O2. The molecule has 0 saturated carbocycles. The summed E-state index contributed by atoms with van der Waals surface area (Å²) in [4.78, 5) is 7.52. The number of furan rings is 1. The average Bonchev–Trinajstić information content (AvgIpc) is 3.88. The van der Waals surface area contributed by atoms with Gasteiger partial charge in [-0.25, -0.2) is 4.98 Å². The quantitative estimate of drug-likeness (QED) is 0.186. The molecule has 238 valence electrons. The first kappa shape index (κ1) is 28.0. The number of oxazole rings is 1. The predicted molar refractivity (Wildman–Crippen MR) is 209 cm³/mol. The Bertz CT molecular complexity index is 2960. The zero-order valence-electron chi connectivity index (χ0n) is 27.4. The van der Waals surface area contributed by atoms with Crippen LogP contribution in [0.25, 0.3) is 88.6 Å². The van der Waals surface area contributed by atoms with Crippen LogP contribution in [-0.2, 0) is 0 Å². The second kappa shape index (κ2) is 10.8. The summed E-state index contributed by atoms with van der Waals surface area (Å²) < 4.78 is 12.9. The van der Waals surface area contributed by atoms with E-state index in [4.69, 9.17) is 13.8 Å². The van der Waals surface area contributed by atoms with E-state index in [9.17, 15) is 0 Å². The molecule has 11 rings (SSSR count). The van der Waals surface area contributed by atoms with Gasteiger partial charge in [0.2, 0.25) is 5.89 Å². The third-order valence-electron chi connectivity index (χ3n) is 10.2. The summed E-state index contributed by atoms with van der Waals surface area (Å²) in [5, 5.41) is 6.77. The van der Waals surface area contributed by atoms with E-state index >= 15 is 0 Å². The van der Waals surface area contributed by atoms with Crippen LogP contribution in [0.15, 0.2) is 179 Å². The van der Waals surface area contributed by atoms with Gasteiger partial charge in [-0.3, -0.25) is 0 Å². The van der Waals surface area contributed by atoms with Gasteiger partial charge in [-0.2, -0.15) is 0 Å². The van der Waals surface area contributed by atoms with Crippen LogP contribution >= 0.6 is 0 Å². The Labute approximate surface area is 293 Å². The van der Waals surface area contributed by atoms with Crippen molar-refractivity contribution < 1.29 is 8.83 Å². The van der Waals surface area contributed by atoms with Crippen molar-refractivity contribution in [1.29, 1.82) is 0 Å². The number of hydrogen-bond donors (Lipinski definition) is 0. The van der Waals surface area contributed by atoms with E-state index in [0.717, 1.165) is 88.9 Å². The Balaban J connectivity index is 1.11. The van der Waals surface area contributed by atoms with Crippen molar-refractivity contribution in [2.24, 2.45) is 0 Å². The summed E-state index contributed by atoms with van der Waals surface area (Å²) in [6.07, 6.45) is 0. The van der Waals surface area contributed by atoms with Gasteiger partial charge in [-0.1, -0.05) is 115 Å². The highest BCUT2D eigenvalue weighted by Crippen LogP contribution is 2.52. The van der Waals surface area contributed by atoms with Crippen LogP contribution in [0.5, 0.6) is 0 Å². The van der Waals surface area contributed by atoms with Crippen LogP contribution in [0.2, 0.25) is 0 Å². The summed E-state index contributed by atoms with van der Waals surface area (Å²) in [6.45, 7) is 0. The van der Waals surface area contributed by atoms with Gasteiger partial charge in [0.1, 0.15) is 16.9 Å². The van der Waals surface area contributed by atoms with Crippen LogP contribution in [0.3, 0.4) is 0 Å². The lowest BCUT2D eigenvalue weighted by molar-refractivity contribution is 0.591. The number of nitrogens with zero attached hydrogens (tertiary/aromatic N) is 2. The molecule has 51 heavy (non-hydrogen) atoms. The van der Waals surface area contributed by atoms with Gasteiger partial charge >= 0.3 is 0 Å². The maximum atomic E-state index is 6.67. The van der Waals surface area contributed by atoms with Gasteiger partial charge in [-0.05, 0) is 76.5 Å². The molecule has 8 aromatic carbocycles. The number of benzene rings is 8. The van der Waals surface area contributed by atoms with Gasteiger partial charge in [-0.15, -0.1) is 0 Å². The number of rotatable bonds is 5. The zero-order valence-corrected chi connectivity index (χ0v) is 27.4. The molecule has 0 spiro atoms. The minimum atomic E-state index is 0.642. The van der Waals surface area contributed by atoms with Crippen LogP contribution in [0, 0.1) is 0 Å². The molecule has 0 amide bonds. The van der Waals surface area contributed by atoms with Gasteiger partial charge in [0.05, 0.1) is 5.69 Å². The van der Waals surface area contributed by atoms with Gasteiger partial charge in [0.15, 0.2) is 5.76 Å². The van der Waals surface area contributed by atoms with Crippen molar-refractivity contribution in [1.82, 2.24) is 4.98 Å². The molecule has 1 aliphatic carbocycles. The summed E-state index contributed by atoms with van der Waals surface area (Å²) in [6, 6.07) is 59.7. The maximum Gasteiger partial charge on any atom is 0.227 e. The molecule has 0 atom stereocenters. The van der Waals surface area contributed by atoms with E-state index in [1.165, 1.54) is 10.9 Å². The highest BCUT2D eigenvalue weighted by Gasteiger charge is 2.30. The molecule has 0 fully saturated rings. The van der Waals surface area contributed by atoms with Gasteiger partial charge in [0.25, 0.3) is 0 Å². The smallest absolute Gasteiger partial charge is 0.227 e. The van der Waals surface area contributed by atoms with Crippen molar-refractivity contribution in [3.8, 4) is 45.2 Å². The van der Waals surface area contributed by atoms with Crippen molar-refractivity contribution in [2.75, 3.05) is 4.90 Å². The first-order chi connectivity index (χ1) is 25.3. The summed E-state index contributed by atoms with van der Waals surface area (Å²) in [7, 11) is 0. The number of aromatic nitrogens is 1. The Morgan fingerprint density at radius 2 is 1.14 bits per heavy atom. The largest absolute Gasteiger partial charge is 0.456 e. The molecule has 0 aliphatic heterocycles. The van der Waals surface area contributed by atoms with Gasteiger partial charge in [0, 0.05) is 49.6 Å². The minimum Gasteiger partial charge on any atom is -0.456 e. The SMILES string of the molecule is c1ccc(-c2cccc(N(c3ccc4oc5ccccc5c4c3)c3ccc4c5c(cccc35)-c3oc(-c5cccc6ccccc56)nc3-4)c2)cc1. The third-order valence-corrected chi connectivity index (χ3v) is 10.2. The summed E-state index contributed by atoms with van der Waals surface area (Å²) in [5.41, 5.74) is 11.3. The highest BCUT2D eigenvalue weighted by atomic mass is 16.4. The average molecular weight is 653 g/mol. The second-order valence-corrected chi connectivity index (χ2v) is 13.1. The summed E-state index contributed by atoms with van der Waals surface area (Å²) >= 11 is 0. The molecule has 0 N–H and O–H groups in total. The van der Waals surface area contributed by atoms with Crippen LogP contribution in [0.4, 0.5) is 17.1 Å². The number of para-hydroxylation sites is 1. The highest BCUT2D eigenvalue weighted by molar-refractivity contribution is 6.18. The maximum absolute atomic E-state index is 6.67. The molecular weight excluding hydrogens is 625 g/mol. The Morgan fingerprint density at radius 3 is 2.08 bits per heavy atom. The first-order valence-electron chi connectivity index (χ1n) is 17.2. The van der Waals surface area contributed by atoms with E-state index in [0.29, 0.717) is 5.89 Å². The second-order valence-electron chi connectivity index (χ2n) is 13.1. The van der Waals surface area contributed by atoms with Gasteiger partial charge < -0.3 is 13.7 Å². The molecule has 1 aliphatic rings. The Kier molecular flexibility index (Phi) is 5.92.